The van der Waals surface area contributed by atoms with Crippen LogP contribution >= 0.6 is 11.3 Å². The molecular formula is C8H9N3OS. The first-order chi connectivity index (χ1) is 6.27. The highest BCUT2D eigenvalue weighted by Gasteiger charge is 2.07. The molecule has 0 bridgehead atoms. The SMILES string of the molecule is CCc1ncsc1NC(=O)CC#N. The Labute approximate surface area is 80.2 Å². The van der Waals surface area contributed by atoms with Gasteiger partial charge in [-0.1, -0.05) is 6.92 Å². The van der Waals surface area contributed by atoms with Crippen molar-refractivity contribution in [3.05, 3.63) is 11.2 Å². The molecule has 1 heterocycles. The van der Waals surface area contributed by atoms with Crippen molar-refractivity contribution < 1.29 is 4.79 Å². The molecular weight excluding hydrogens is 186 g/mol. The lowest BCUT2D eigenvalue weighted by Gasteiger charge is -1.99. The summed E-state index contributed by atoms with van der Waals surface area (Å²) in [6, 6.07) is 1.79. The maximum atomic E-state index is 11.0. The number of nitrogens with one attached hydrogen (secondary N) is 1. The molecule has 0 unspecified atom stereocenters. The van der Waals surface area contributed by atoms with Gasteiger partial charge in [0.25, 0.3) is 0 Å². The molecule has 0 saturated carbocycles. The van der Waals surface area contributed by atoms with Crippen LogP contribution in [0.4, 0.5) is 5.00 Å². The molecule has 0 aliphatic heterocycles. The first-order valence-corrected chi connectivity index (χ1v) is 4.75. The Bertz CT molecular complexity index is 339. The van der Waals surface area contributed by atoms with E-state index in [1.165, 1.54) is 11.3 Å². The highest BCUT2D eigenvalue weighted by atomic mass is 32.1. The predicted molar refractivity (Wildman–Crippen MR) is 50.4 cm³/mol. The van der Waals surface area contributed by atoms with Gasteiger partial charge in [0.2, 0.25) is 5.91 Å². The minimum Gasteiger partial charge on any atom is -0.315 e. The van der Waals surface area contributed by atoms with Crippen LogP contribution in [-0.4, -0.2) is 10.9 Å². The smallest absolute Gasteiger partial charge is 0.239 e. The van der Waals surface area contributed by atoms with Gasteiger partial charge in [0.05, 0.1) is 17.3 Å². The van der Waals surface area contributed by atoms with Gasteiger partial charge in [-0.15, -0.1) is 11.3 Å². The van der Waals surface area contributed by atoms with Crippen LogP contribution in [0.2, 0.25) is 0 Å². The summed E-state index contributed by atoms with van der Waals surface area (Å²) in [5, 5.41) is 11.7. The number of carbonyl (C=O) groups excluding carboxylic acids is 1. The second-order valence-electron chi connectivity index (χ2n) is 2.36. The van der Waals surface area contributed by atoms with Crippen molar-refractivity contribution in [2.24, 2.45) is 0 Å². The quantitative estimate of drug-likeness (QED) is 0.795. The summed E-state index contributed by atoms with van der Waals surface area (Å²) >= 11 is 1.38. The lowest BCUT2D eigenvalue weighted by atomic mass is 10.3. The standard InChI is InChI=1S/C8H9N3OS/c1-2-6-8(13-5-10-6)11-7(12)3-4-9/h5H,2-3H2,1H3,(H,11,12). The zero-order valence-corrected chi connectivity index (χ0v) is 8.02. The fourth-order valence-corrected chi connectivity index (χ4v) is 1.66. The van der Waals surface area contributed by atoms with Gasteiger partial charge in [-0.3, -0.25) is 4.79 Å². The van der Waals surface area contributed by atoms with Crippen LogP contribution in [-0.2, 0) is 11.2 Å². The van der Waals surface area contributed by atoms with E-state index in [9.17, 15) is 4.79 Å². The Morgan fingerprint density at radius 1 is 1.85 bits per heavy atom. The van der Waals surface area contributed by atoms with Gasteiger partial charge in [0, 0.05) is 0 Å². The molecule has 0 atom stereocenters. The zero-order valence-electron chi connectivity index (χ0n) is 7.20. The van der Waals surface area contributed by atoms with E-state index in [1.807, 2.05) is 6.92 Å². The molecule has 0 fully saturated rings. The number of nitrogens with zero attached hydrogens (tertiary/aromatic N) is 2. The number of thiazole rings is 1. The maximum Gasteiger partial charge on any atom is 0.239 e. The van der Waals surface area contributed by atoms with E-state index in [4.69, 9.17) is 5.26 Å². The number of rotatable bonds is 3. The van der Waals surface area contributed by atoms with E-state index in [-0.39, 0.29) is 12.3 Å². The van der Waals surface area contributed by atoms with E-state index in [1.54, 1.807) is 11.6 Å². The fraction of sp³-hybridized carbons (Fsp3) is 0.375. The second kappa shape index (κ2) is 4.58. The average Bonchev–Trinajstić information content (AvgIpc) is 2.52. The molecule has 0 aromatic carbocycles. The molecule has 1 rings (SSSR count). The monoisotopic (exact) mass is 195 g/mol. The maximum absolute atomic E-state index is 11.0. The number of aryl methyl sites for hydroxylation is 1. The van der Waals surface area contributed by atoms with Crippen molar-refractivity contribution in [3.8, 4) is 6.07 Å². The van der Waals surface area contributed by atoms with E-state index in [0.717, 1.165) is 17.1 Å². The first-order valence-electron chi connectivity index (χ1n) is 3.87. The summed E-state index contributed by atoms with van der Waals surface area (Å²) in [7, 11) is 0. The molecule has 0 spiro atoms. The lowest BCUT2D eigenvalue weighted by molar-refractivity contribution is -0.115. The van der Waals surface area contributed by atoms with Crippen LogP contribution in [0.1, 0.15) is 19.0 Å². The molecule has 1 amide bonds. The van der Waals surface area contributed by atoms with Crippen LogP contribution in [0.5, 0.6) is 0 Å². The molecule has 1 aromatic rings. The van der Waals surface area contributed by atoms with Crippen LogP contribution in [0.3, 0.4) is 0 Å². The van der Waals surface area contributed by atoms with E-state index in [2.05, 4.69) is 10.3 Å². The molecule has 13 heavy (non-hydrogen) atoms. The molecule has 4 nitrogen and oxygen atoms in total. The van der Waals surface area contributed by atoms with Gasteiger partial charge < -0.3 is 5.32 Å². The summed E-state index contributed by atoms with van der Waals surface area (Å²) in [6.07, 6.45) is 0.673. The largest absolute Gasteiger partial charge is 0.315 e. The van der Waals surface area contributed by atoms with Crippen LogP contribution in [0.15, 0.2) is 5.51 Å². The van der Waals surface area contributed by atoms with Crippen molar-refractivity contribution in [2.45, 2.75) is 19.8 Å². The van der Waals surface area contributed by atoms with Gasteiger partial charge in [-0.05, 0) is 6.42 Å². The Morgan fingerprint density at radius 3 is 3.23 bits per heavy atom. The van der Waals surface area contributed by atoms with Gasteiger partial charge in [-0.2, -0.15) is 5.26 Å². The molecule has 68 valence electrons. The molecule has 5 heteroatoms. The van der Waals surface area contributed by atoms with Crippen molar-refractivity contribution in [1.29, 1.82) is 5.26 Å². The molecule has 0 aliphatic rings. The Balaban J connectivity index is 2.64. The first kappa shape index (κ1) is 9.68. The molecule has 1 aromatic heterocycles. The van der Waals surface area contributed by atoms with Crippen molar-refractivity contribution in [2.75, 3.05) is 5.32 Å². The van der Waals surface area contributed by atoms with Gasteiger partial charge in [-0.25, -0.2) is 4.98 Å². The summed E-state index contributed by atoms with van der Waals surface area (Å²) < 4.78 is 0. The van der Waals surface area contributed by atoms with E-state index < -0.39 is 0 Å². The van der Waals surface area contributed by atoms with E-state index in [0.29, 0.717) is 0 Å². The summed E-state index contributed by atoms with van der Waals surface area (Å²) in [6.45, 7) is 1.97. The minimum atomic E-state index is -0.276. The third-order valence-electron chi connectivity index (χ3n) is 1.47. The number of anilines is 1. The number of aromatic nitrogens is 1. The Morgan fingerprint density at radius 2 is 2.62 bits per heavy atom. The van der Waals surface area contributed by atoms with Gasteiger partial charge >= 0.3 is 0 Å². The topological polar surface area (TPSA) is 65.8 Å². The highest BCUT2D eigenvalue weighted by Crippen LogP contribution is 2.20. The molecule has 1 N–H and O–H groups in total. The van der Waals surface area contributed by atoms with Crippen molar-refractivity contribution in [1.82, 2.24) is 4.98 Å². The van der Waals surface area contributed by atoms with Gasteiger partial charge in [0.15, 0.2) is 0 Å². The number of hydrogen-bond donors (Lipinski definition) is 1. The number of carbonyl (C=O) groups is 1. The Kier molecular flexibility index (Phi) is 3.41. The summed E-state index contributed by atoms with van der Waals surface area (Å²) in [5.41, 5.74) is 2.55. The number of nitriles is 1. The summed E-state index contributed by atoms with van der Waals surface area (Å²) in [5.74, 6) is -0.276. The lowest BCUT2D eigenvalue weighted by Crippen LogP contribution is -2.10. The minimum absolute atomic E-state index is 0.110. The Hall–Kier alpha value is -1.41. The summed E-state index contributed by atoms with van der Waals surface area (Å²) in [4.78, 5) is 15.1. The highest BCUT2D eigenvalue weighted by molar-refractivity contribution is 7.14. The molecule has 0 saturated heterocycles. The fourth-order valence-electron chi connectivity index (χ4n) is 0.865. The van der Waals surface area contributed by atoms with Gasteiger partial charge in [0.1, 0.15) is 11.4 Å². The van der Waals surface area contributed by atoms with E-state index >= 15 is 0 Å². The average molecular weight is 195 g/mol. The normalized spacial score (nSPS) is 9.23. The molecule has 0 radical (unpaired) electrons. The molecule has 0 aliphatic carbocycles. The third kappa shape index (κ3) is 2.53. The van der Waals surface area contributed by atoms with Crippen molar-refractivity contribution in [3.63, 3.8) is 0 Å². The predicted octanol–water partition coefficient (Wildman–Crippen LogP) is 1.56. The number of hydrogen-bond acceptors (Lipinski definition) is 4. The van der Waals surface area contributed by atoms with Crippen molar-refractivity contribution >= 4 is 22.2 Å². The third-order valence-corrected chi connectivity index (χ3v) is 2.25. The second-order valence-corrected chi connectivity index (χ2v) is 3.22. The van der Waals surface area contributed by atoms with Crippen LogP contribution < -0.4 is 5.32 Å². The number of amides is 1. The van der Waals surface area contributed by atoms with Crippen LogP contribution in [0.25, 0.3) is 0 Å². The zero-order chi connectivity index (χ0) is 9.68. The van der Waals surface area contributed by atoms with Crippen LogP contribution in [0, 0.1) is 11.3 Å².